The summed E-state index contributed by atoms with van der Waals surface area (Å²) in [5.74, 6) is -0.228. The fourth-order valence-corrected chi connectivity index (χ4v) is 3.46. The molecule has 0 radical (unpaired) electrons. The number of nitrogens with zero attached hydrogens (tertiary/aromatic N) is 2. The number of unbranched alkanes of at least 4 members (excludes halogenated alkanes) is 2. The monoisotopic (exact) mass is 375 g/mol. The van der Waals surface area contributed by atoms with Crippen LogP contribution in [-0.4, -0.2) is 22.4 Å². The van der Waals surface area contributed by atoms with Gasteiger partial charge in [-0.05, 0) is 48.2 Å². The van der Waals surface area contributed by atoms with Crippen molar-refractivity contribution >= 4 is 33.3 Å². The van der Waals surface area contributed by atoms with Crippen LogP contribution in [0.2, 0.25) is 0 Å². The number of nitrogens with one attached hydrogen (secondary N) is 1. The van der Waals surface area contributed by atoms with Crippen LogP contribution in [0.3, 0.4) is 0 Å². The minimum Gasteiger partial charge on any atom is -0.321 e. The number of rotatable bonds is 7. The summed E-state index contributed by atoms with van der Waals surface area (Å²) in [4.78, 5) is 12.9. The van der Waals surface area contributed by atoms with Crippen molar-refractivity contribution in [3.8, 4) is 0 Å². The van der Waals surface area contributed by atoms with Gasteiger partial charge >= 0.3 is 0 Å². The molecule has 0 aliphatic heterocycles. The number of hydrogen-bond acceptors (Lipinski definition) is 2. The molecule has 0 aliphatic rings. The molecule has 0 saturated heterocycles. The van der Waals surface area contributed by atoms with Crippen LogP contribution in [0.5, 0.6) is 0 Å². The van der Waals surface area contributed by atoms with Crippen molar-refractivity contribution in [1.29, 1.82) is 0 Å². The molecule has 28 heavy (non-hydrogen) atoms. The summed E-state index contributed by atoms with van der Waals surface area (Å²) in [6, 6.07) is 21.6. The Morgan fingerprint density at radius 3 is 2.57 bits per heavy atom. The van der Waals surface area contributed by atoms with Gasteiger partial charge in [0.15, 0.2) is 5.69 Å². The first-order valence-electron chi connectivity index (χ1n) is 9.58. The van der Waals surface area contributed by atoms with Gasteiger partial charge in [-0.1, -0.05) is 48.5 Å². The second-order valence-corrected chi connectivity index (χ2v) is 6.85. The lowest BCUT2D eigenvalue weighted by Crippen LogP contribution is -2.13. The van der Waals surface area contributed by atoms with Gasteiger partial charge in [-0.2, -0.15) is 5.10 Å². The molecule has 4 rings (SSSR count). The highest BCUT2D eigenvalue weighted by Crippen LogP contribution is 2.22. The first kappa shape index (κ1) is 18.2. The number of benzene rings is 3. The van der Waals surface area contributed by atoms with Crippen LogP contribution in [0.4, 0.5) is 10.1 Å². The number of aryl methyl sites for hydroxylation is 1. The van der Waals surface area contributed by atoms with Gasteiger partial charge in [0.1, 0.15) is 0 Å². The van der Waals surface area contributed by atoms with Crippen molar-refractivity contribution in [3.63, 3.8) is 0 Å². The molecular formula is C23H22FN3O. The summed E-state index contributed by atoms with van der Waals surface area (Å²) in [7, 11) is 0. The molecule has 0 spiro atoms. The van der Waals surface area contributed by atoms with Crippen LogP contribution in [0.1, 0.15) is 29.8 Å². The third kappa shape index (κ3) is 3.74. The van der Waals surface area contributed by atoms with E-state index in [0.29, 0.717) is 18.7 Å². The highest BCUT2D eigenvalue weighted by Gasteiger charge is 2.17. The molecule has 5 heteroatoms. The van der Waals surface area contributed by atoms with Crippen molar-refractivity contribution < 1.29 is 9.18 Å². The number of fused-ring (bicyclic) bond motifs is 2. The molecule has 4 nitrogen and oxygen atoms in total. The summed E-state index contributed by atoms with van der Waals surface area (Å²) >= 11 is 0. The van der Waals surface area contributed by atoms with E-state index < -0.39 is 0 Å². The molecule has 4 aromatic rings. The van der Waals surface area contributed by atoms with E-state index in [0.717, 1.165) is 40.2 Å². The molecular weight excluding hydrogens is 353 g/mol. The summed E-state index contributed by atoms with van der Waals surface area (Å²) in [6.07, 6.45) is 2.21. The Labute approximate surface area is 163 Å². The first-order chi connectivity index (χ1) is 13.8. The Kier molecular flexibility index (Phi) is 5.33. The van der Waals surface area contributed by atoms with Crippen molar-refractivity contribution in [3.05, 3.63) is 72.4 Å². The van der Waals surface area contributed by atoms with E-state index in [1.54, 1.807) is 0 Å². The maximum absolute atomic E-state index is 12.9. The lowest BCUT2D eigenvalue weighted by Gasteiger charge is -2.05. The lowest BCUT2D eigenvalue weighted by atomic mass is 10.1. The minimum absolute atomic E-state index is 0.228. The average molecular weight is 375 g/mol. The molecule has 1 heterocycles. The third-order valence-corrected chi connectivity index (χ3v) is 4.88. The number of carbonyl (C=O) groups is 1. The standard InChI is InChI=1S/C23H22FN3O/c24-14-6-1-7-15-27-21-11-5-4-10-20(21)22(26-27)23(28)25-19-13-12-17-8-2-3-9-18(17)16-19/h2-5,8-13,16H,1,6-7,14-15H2,(H,25,28). The van der Waals surface area contributed by atoms with E-state index in [4.69, 9.17) is 0 Å². The van der Waals surface area contributed by atoms with Gasteiger partial charge in [-0.3, -0.25) is 13.9 Å². The number of halogens is 1. The predicted octanol–water partition coefficient (Wildman–Crippen LogP) is 5.58. The molecule has 0 unspecified atom stereocenters. The molecule has 0 aliphatic carbocycles. The Hall–Kier alpha value is -3.21. The van der Waals surface area contributed by atoms with Crippen molar-refractivity contribution in [2.45, 2.75) is 25.8 Å². The maximum Gasteiger partial charge on any atom is 0.276 e. The molecule has 0 saturated carbocycles. The van der Waals surface area contributed by atoms with E-state index >= 15 is 0 Å². The quantitative estimate of drug-likeness (QED) is 0.429. The zero-order valence-electron chi connectivity index (χ0n) is 15.6. The second-order valence-electron chi connectivity index (χ2n) is 6.85. The zero-order chi connectivity index (χ0) is 19.3. The molecule has 142 valence electrons. The molecule has 0 atom stereocenters. The molecule has 1 N–H and O–H groups in total. The number of anilines is 1. The first-order valence-corrected chi connectivity index (χ1v) is 9.58. The SMILES string of the molecule is O=C(Nc1ccc2ccccc2c1)c1nn(CCCCCF)c2ccccc12. The topological polar surface area (TPSA) is 46.9 Å². The van der Waals surface area contributed by atoms with Crippen molar-refractivity contribution in [1.82, 2.24) is 9.78 Å². The van der Waals surface area contributed by atoms with Gasteiger partial charge in [-0.25, -0.2) is 0 Å². The van der Waals surface area contributed by atoms with Gasteiger partial charge in [0, 0.05) is 17.6 Å². The van der Waals surface area contributed by atoms with Crippen LogP contribution in [-0.2, 0) is 6.54 Å². The number of amides is 1. The number of para-hydroxylation sites is 1. The Morgan fingerprint density at radius 1 is 0.929 bits per heavy atom. The highest BCUT2D eigenvalue weighted by molar-refractivity contribution is 6.11. The van der Waals surface area contributed by atoms with Gasteiger partial charge in [0.2, 0.25) is 0 Å². The summed E-state index contributed by atoms with van der Waals surface area (Å²) < 4.78 is 14.2. The van der Waals surface area contributed by atoms with Crippen molar-refractivity contribution in [2.75, 3.05) is 12.0 Å². The van der Waals surface area contributed by atoms with Crippen LogP contribution >= 0.6 is 0 Å². The maximum atomic E-state index is 12.9. The van der Waals surface area contributed by atoms with Gasteiger partial charge in [0.25, 0.3) is 5.91 Å². The molecule has 1 aromatic heterocycles. The Bertz CT molecular complexity index is 1120. The largest absolute Gasteiger partial charge is 0.321 e. The van der Waals surface area contributed by atoms with Crippen molar-refractivity contribution in [2.24, 2.45) is 0 Å². The molecule has 1 amide bonds. The molecule has 0 fully saturated rings. The second kappa shape index (κ2) is 8.21. The number of aromatic nitrogens is 2. The van der Waals surface area contributed by atoms with E-state index in [9.17, 15) is 9.18 Å². The van der Waals surface area contributed by atoms with Crippen LogP contribution < -0.4 is 5.32 Å². The molecule has 0 bridgehead atoms. The number of hydrogen-bond donors (Lipinski definition) is 1. The van der Waals surface area contributed by atoms with Crippen LogP contribution in [0.25, 0.3) is 21.7 Å². The van der Waals surface area contributed by atoms with E-state index in [2.05, 4.69) is 10.4 Å². The lowest BCUT2D eigenvalue weighted by molar-refractivity contribution is 0.102. The smallest absolute Gasteiger partial charge is 0.276 e. The number of carbonyl (C=O) groups excluding carboxylic acids is 1. The highest BCUT2D eigenvalue weighted by atomic mass is 19.1. The summed E-state index contributed by atoms with van der Waals surface area (Å²) in [5, 5.41) is 10.6. The molecule has 3 aromatic carbocycles. The van der Waals surface area contributed by atoms with Crippen LogP contribution in [0.15, 0.2) is 66.7 Å². The fourth-order valence-electron chi connectivity index (χ4n) is 3.46. The zero-order valence-corrected chi connectivity index (χ0v) is 15.6. The number of alkyl halides is 1. The van der Waals surface area contributed by atoms with Gasteiger partial charge < -0.3 is 5.32 Å². The van der Waals surface area contributed by atoms with Crippen LogP contribution in [0, 0.1) is 0 Å². The van der Waals surface area contributed by atoms with E-state index in [-0.39, 0.29) is 12.6 Å². The van der Waals surface area contributed by atoms with Gasteiger partial charge in [0.05, 0.1) is 12.2 Å². The van der Waals surface area contributed by atoms with E-state index in [1.165, 1.54) is 0 Å². The minimum atomic E-state index is -0.292. The Morgan fingerprint density at radius 2 is 1.71 bits per heavy atom. The fraction of sp³-hybridized carbons (Fsp3) is 0.217. The Balaban J connectivity index is 1.59. The summed E-state index contributed by atoms with van der Waals surface area (Å²) in [5.41, 5.74) is 2.07. The van der Waals surface area contributed by atoms with Gasteiger partial charge in [-0.15, -0.1) is 0 Å². The van der Waals surface area contributed by atoms with E-state index in [1.807, 2.05) is 71.4 Å². The normalized spacial score (nSPS) is 11.2. The third-order valence-electron chi connectivity index (χ3n) is 4.88. The predicted molar refractivity (Wildman–Crippen MR) is 111 cm³/mol. The summed E-state index contributed by atoms with van der Waals surface area (Å²) in [6.45, 7) is 0.378. The average Bonchev–Trinajstić information content (AvgIpc) is 3.10.